The Morgan fingerprint density at radius 1 is 1.47 bits per heavy atom. The zero-order chi connectivity index (χ0) is 12.7. The lowest BCUT2D eigenvalue weighted by atomic mass is 10.1. The number of carbonyl (C=O) groups excluding carboxylic acids is 1. The summed E-state index contributed by atoms with van der Waals surface area (Å²) in [6.45, 7) is 6.36. The lowest BCUT2D eigenvalue weighted by Gasteiger charge is -2.18. The van der Waals surface area contributed by atoms with Gasteiger partial charge in [-0.05, 0) is 19.8 Å². The molecule has 0 aliphatic carbocycles. The summed E-state index contributed by atoms with van der Waals surface area (Å²) >= 11 is 0. The Balaban J connectivity index is 2.31. The van der Waals surface area contributed by atoms with Crippen molar-refractivity contribution in [2.75, 3.05) is 0 Å². The van der Waals surface area contributed by atoms with Crippen molar-refractivity contribution < 1.29 is 9.32 Å². The number of carbonyl (C=O) groups is 1. The zero-order valence-corrected chi connectivity index (χ0v) is 10.6. The number of hydrogen-bond acceptors (Lipinski definition) is 5. The van der Waals surface area contributed by atoms with E-state index in [1.807, 2.05) is 6.92 Å². The van der Waals surface area contributed by atoms with Crippen LogP contribution in [0.15, 0.2) is 10.9 Å². The topological polar surface area (TPSA) is 80.0 Å². The van der Waals surface area contributed by atoms with Gasteiger partial charge in [0, 0.05) is 6.04 Å². The second kappa shape index (κ2) is 7.01. The van der Waals surface area contributed by atoms with Crippen molar-refractivity contribution in [2.24, 2.45) is 0 Å². The molecule has 1 atom stereocenters. The standard InChI is InChI=1S/C11H20N4O2/c1-4-9(5-2)14-11(16)8(3)12-6-10-13-7-17-15-10/h7-9,12H,4-6H2,1-3H3,(H,14,16). The van der Waals surface area contributed by atoms with Crippen molar-refractivity contribution in [2.45, 2.75) is 52.2 Å². The van der Waals surface area contributed by atoms with Crippen molar-refractivity contribution in [3.05, 3.63) is 12.2 Å². The van der Waals surface area contributed by atoms with E-state index in [9.17, 15) is 4.79 Å². The molecule has 0 saturated carbocycles. The van der Waals surface area contributed by atoms with Gasteiger partial charge in [0.25, 0.3) is 0 Å². The van der Waals surface area contributed by atoms with E-state index in [-0.39, 0.29) is 18.0 Å². The zero-order valence-electron chi connectivity index (χ0n) is 10.6. The molecule has 6 heteroatoms. The summed E-state index contributed by atoms with van der Waals surface area (Å²) in [5.74, 6) is 0.550. The summed E-state index contributed by atoms with van der Waals surface area (Å²) < 4.78 is 4.60. The smallest absolute Gasteiger partial charge is 0.237 e. The maximum Gasteiger partial charge on any atom is 0.237 e. The number of aromatic nitrogens is 2. The summed E-state index contributed by atoms with van der Waals surface area (Å²) in [6.07, 6.45) is 3.16. The van der Waals surface area contributed by atoms with Crippen LogP contribution in [-0.2, 0) is 11.3 Å². The molecule has 0 aliphatic rings. The summed E-state index contributed by atoms with van der Waals surface area (Å²) in [4.78, 5) is 15.7. The predicted octanol–water partition coefficient (Wildman–Crippen LogP) is 0.852. The molecule has 17 heavy (non-hydrogen) atoms. The summed E-state index contributed by atoms with van der Waals surface area (Å²) in [5, 5.41) is 9.68. The van der Waals surface area contributed by atoms with Gasteiger partial charge in [0.15, 0.2) is 5.82 Å². The molecular weight excluding hydrogens is 220 g/mol. The average Bonchev–Trinajstić information content (AvgIpc) is 2.85. The second-order valence-electron chi connectivity index (χ2n) is 3.97. The van der Waals surface area contributed by atoms with Gasteiger partial charge in [-0.15, -0.1) is 0 Å². The Kier molecular flexibility index (Phi) is 5.62. The fourth-order valence-electron chi connectivity index (χ4n) is 1.43. The van der Waals surface area contributed by atoms with Crippen LogP contribution in [0.25, 0.3) is 0 Å². The molecule has 6 nitrogen and oxygen atoms in total. The van der Waals surface area contributed by atoms with E-state index in [0.717, 1.165) is 12.8 Å². The van der Waals surface area contributed by atoms with Gasteiger partial charge in [0.1, 0.15) is 0 Å². The van der Waals surface area contributed by atoms with Gasteiger partial charge in [-0.25, -0.2) is 0 Å². The van der Waals surface area contributed by atoms with E-state index in [4.69, 9.17) is 0 Å². The Bertz CT molecular complexity index is 322. The monoisotopic (exact) mass is 240 g/mol. The van der Waals surface area contributed by atoms with Crippen LogP contribution >= 0.6 is 0 Å². The lowest BCUT2D eigenvalue weighted by Crippen LogP contribution is -2.45. The molecule has 1 aromatic heterocycles. The second-order valence-corrected chi connectivity index (χ2v) is 3.97. The molecule has 1 amide bonds. The number of nitrogens with zero attached hydrogens (tertiary/aromatic N) is 2. The van der Waals surface area contributed by atoms with Gasteiger partial charge < -0.3 is 9.84 Å². The quantitative estimate of drug-likeness (QED) is 0.738. The molecule has 0 saturated heterocycles. The van der Waals surface area contributed by atoms with Crippen LogP contribution in [0.1, 0.15) is 39.4 Å². The molecule has 96 valence electrons. The molecule has 2 N–H and O–H groups in total. The van der Waals surface area contributed by atoms with E-state index in [1.165, 1.54) is 6.39 Å². The van der Waals surface area contributed by atoms with Crippen LogP contribution in [0.5, 0.6) is 0 Å². The highest BCUT2D eigenvalue weighted by molar-refractivity contribution is 5.81. The van der Waals surface area contributed by atoms with Gasteiger partial charge in [-0.2, -0.15) is 4.98 Å². The van der Waals surface area contributed by atoms with E-state index < -0.39 is 0 Å². The third-order valence-electron chi connectivity index (χ3n) is 2.70. The average molecular weight is 240 g/mol. The summed E-state index contributed by atoms with van der Waals surface area (Å²) in [7, 11) is 0. The molecule has 0 aromatic carbocycles. The minimum atomic E-state index is -0.269. The third-order valence-corrected chi connectivity index (χ3v) is 2.70. The molecule has 1 unspecified atom stereocenters. The van der Waals surface area contributed by atoms with Crippen LogP contribution in [0.2, 0.25) is 0 Å². The van der Waals surface area contributed by atoms with E-state index in [2.05, 4.69) is 39.1 Å². The maximum absolute atomic E-state index is 11.8. The first-order valence-electron chi connectivity index (χ1n) is 5.96. The molecule has 0 fully saturated rings. The van der Waals surface area contributed by atoms with Crippen molar-refractivity contribution in [3.8, 4) is 0 Å². The van der Waals surface area contributed by atoms with E-state index in [1.54, 1.807) is 0 Å². The highest BCUT2D eigenvalue weighted by Crippen LogP contribution is 1.97. The number of nitrogens with one attached hydrogen (secondary N) is 2. The van der Waals surface area contributed by atoms with E-state index >= 15 is 0 Å². The maximum atomic E-state index is 11.8. The van der Waals surface area contributed by atoms with Crippen LogP contribution in [0.4, 0.5) is 0 Å². The number of amides is 1. The van der Waals surface area contributed by atoms with Crippen molar-refractivity contribution >= 4 is 5.91 Å². The van der Waals surface area contributed by atoms with Crippen LogP contribution in [0, 0.1) is 0 Å². The first-order chi connectivity index (χ1) is 8.17. The van der Waals surface area contributed by atoms with Crippen LogP contribution in [0.3, 0.4) is 0 Å². The summed E-state index contributed by atoms with van der Waals surface area (Å²) in [6, 6.07) is -0.0222. The van der Waals surface area contributed by atoms with Gasteiger partial charge in [0.2, 0.25) is 12.3 Å². The molecule has 0 aliphatic heterocycles. The van der Waals surface area contributed by atoms with Gasteiger partial charge >= 0.3 is 0 Å². The SMILES string of the molecule is CCC(CC)NC(=O)C(C)NCc1ncon1. The Hall–Kier alpha value is -1.43. The minimum Gasteiger partial charge on any atom is -0.352 e. The van der Waals surface area contributed by atoms with Crippen molar-refractivity contribution in [3.63, 3.8) is 0 Å². The van der Waals surface area contributed by atoms with Crippen LogP contribution in [-0.4, -0.2) is 28.1 Å². The van der Waals surface area contributed by atoms with Crippen molar-refractivity contribution in [1.29, 1.82) is 0 Å². The Morgan fingerprint density at radius 2 is 2.18 bits per heavy atom. The third kappa shape index (κ3) is 4.52. The molecule has 1 rings (SSSR count). The summed E-state index contributed by atoms with van der Waals surface area (Å²) in [5.41, 5.74) is 0. The Labute approximate surface area is 101 Å². The first-order valence-corrected chi connectivity index (χ1v) is 5.96. The van der Waals surface area contributed by atoms with Gasteiger partial charge in [0.05, 0.1) is 12.6 Å². The minimum absolute atomic E-state index is 0.00203. The molecule has 1 heterocycles. The van der Waals surface area contributed by atoms with Gasteiger partial charge in [-0.1, -0.05) is 19.0 Å². The fraction of sp³-hybridized carbons (Fsp3) is 0.727. The lowest BCUT2D eigenvalue weighted by molar-refractivity contribution is -0.123. The highest BCUT2D eigenvalue weighted by atomic mass is 16.5. The van der Waals surface area contributed by atoms with Crippen LogP contribution < -0.4 is 10.6 Å². The highest BCUT2D eigenvalue weighted by Gasteiger charge is 2.15. The fourth-order valence-corrected chi connectivity index (χ4v) is 1.43. The van der Waals surface area contributed by atoms with Gasteiger partial charge in [-0.3, -0.25) is 10.1 Å². The molecule has 0 bridgehead atoms. The first kappa shape index (κ1) is 13.6. The Morgan fingerprint density at radius 3 is 2.71 bits per heavy atom. The number of rotatable bonds is 7. The number of hydrogen-bond donors (Lipinski definition) is 2. The predicted molar refractivity (Wildman–Crippen MR) is 63.1 cm³/mol. The molecule has 0 radical (unpaired) electrons. The molecule has 1 aromatic rings. The molecular formula is C11H20N4O2. The normalized spacial score (nSPS) is 12.7. The van der Waals surface area contributed by atoms with Crippen molar-refractivity contribution in [1.82, 2.24) is 20.8 Å². The largest absolute Gasteiger partial charge is 0.352 e. The van der Waals surface area contributed by atoms with E-state index in [0.29, 0.717) is 12.4 Å². The molecule has 0 spiro atoms.